The van der Waals surface area contributed by atoms with Crippen molar-refractivity contribution in [1.82, 2.24) is 0 Å². The van der Waals surface area contributed by atoms with Crippen molar-refractivity contribution in [3.05, 3.63) is 29.6 Å². The molecule has 0 aromatic heterocycles. The van der Waals surface area contributed by atoms with Crippen LogP contribution in [0.1, 0.15) is 56.9 Å². The van der Waals surface area contributed by atoms with Crippen LogP contribution in [0.15, 0.2) is 18.2 Å². The fraction of sp³-hybridized carbons (Fsp3) is 0.588. The number of benzene rings is 1. The van der Waals surface area contributed by atoms with Gasteiger partial charge in [-0.25, -0.2) is 4.39 Å². The monoisotopic (exact) mass is 272 g/mol. The molecule has 1 spiro atoms. The molecule has 1 aromatic carbocycles. The predicted molar refractivity (Wildman–Crippen MR) is 77.9 cm³/mol. The molecule has 0 unspecified atom stereocenters. The Kier molecular flexibility index (Phi) is 3.65. The van der Waals surface area contributed by atoms with Crippen molar-refractivity contribution in [3.8, 4) is 6.07 Å². The summed E-state index contributed by atoms with van der Waals surface area (Å²) in [5.74, 6) is -0.430. The number of hydrogen-bond donors (Lipinski definition) is 1. The van der Waals surface area contributed by atoms with E-state index >= 15 is 0 Å². The fourth-order valence-corrected chi connectivity index (χ4v) is 3.98. The van der Waals surface area contributed by atoms with Crippen molar-refractivity contribution < 1.29 is 4.39 Å². The van der Waals surface area contributed by atoms with E-state index in [0.29, 0.717) is 17.1 Å². The summed E-state index contributed by atoms with van der Waals surface area (Å²) in [6.07, 6.45) is 10.4. The lowest BCUT2D eigenvalue weighted by atomic mass is 9.71. The minimum absolute atomic E-state index is 0.147. The number of hydrogen-bond acceptors (Lipinski definition) is 2. The number of nitrogens with zero attached hydrogens (tertiary/aromatic N) is 1. The zero-order chi connectivity index (χ0) is 14.0. The zero-order valence-electron chi connectivity index (χ0n) is 11.8. The van der Waals surface area contributed by atoms with Gasteiger partial charge in [0, 0.05) is 6.04 Å². The molecule has 2 aliphatic rings. The Balaban J connectivity index is 1.65. The summed E-state index contributed by atoms with van der Waals surface area (Å²) in [5.41, 5.74) is 1.41. The highest BCUT2D eigenvalue weighted by molar-refractivity contribution is 5.58. The number of anilines is 1. The van der Waals surface area contributed by atoms with E-state index in [1.54, 1.807) is 6.07 Å². The van der Waals surface area contributed by atoms with Crippen LogP contribution in [0.25, 0.3) is 0 Å². The molecule has 20 heavy (non-hydrogen) atoms. The van der Waals surface area contributed by atoms with Crippen LogP contribution in [0.3, 0.4) is 0 Å². The standard InChI is InChI=1S/C17H21FN2/c18-15-4-3-5-16(14(15)12-19)20-13-6-10-17(11-7-13)8-1-2-9-17/h3-5,13,20H,1-2,6-11H2. The molecule has 0 radical (unpaired) electrons. The Morgan fingerprint density at radius 2 is 1.85 bits per heavy atom. The Labute approximate surface area is 120 Å². The van der Waals surface area contributed by atoms with Gasteiger partial charge in [0.15, 0.2) is 0 Å². The molecule has 1 N–H and O–H groups in total. The second-order valence-corrected chi connectivity index (χ2v) is 6.40. The van der Waals surface area contributed by atoms with E-state index in [4.69, 9.17) is 5.26 Å². The third-order valence-electron chi connectivity index (χ3n) is 5.20. The molecule has 2 saturated carbocycles. The largest absolute Gasteiger partial charge is 0.381 e. The Morgan fingerprint density at radius 1 is 1.15 bits per heavy atom. The zero-order valence-corrected chi connectivity index (χ0v) is 11.8. The summed E-state index contributed by atoms with van der Waals surface area (Å²) in [6, 6.07) is 7.17. The average molecular weight is 272 g/mol. The third kappa shape index (κ3) is 2.52. The lowest BCUT2D eigenvalue weighted by Crippen LogP contribution is -2.32. The molecule has 1 aromatic rings. The maximum absolute atomic E-state index is 13.6. The van der Waals surface area contributed by atoms with Gasteiger partial charge in [-0.05, 0) is 56.1 Å². The van der Waals surface area contributed by atoms with Gasteiger partial charge >= 0.3 is 0 Å². The maximum atomic E-state index is 13.6. The van der Waals surface area contributed by atoms with E-state index in [1.807, 2.05) is 12.1 Å². The minimum atomic E-state index is -0.430. The summed E-state index contributed by atoms with van der Waals surface area (Å²) in [6.45, 7) is 0. The lowest BCUT2D eigenvalue weighted by Gasteiger charge is -2.38. The van der Waals surface area contributed by atoms with Gasteiger partial charge in [-0.2, -0.15) is 5.26 Å². The van der Waals surface area contributed by atoms with Crippen molar-refractivity contribution in [2.24, 2.45) is 5.41 Å². The van der Waals surface area contributed by atoms with Gasteiger partial charge in [-0.15, -0.1) is 0 Å². The van der Waals surface area contributed by atoms with Crippen molar-refractivity contribution in [2.75, 3.05) is 5.32 Å². The summed E-state index contributed by atoms with van der Waals surface area (Å²) >= 11 is 0. The van der Waals surface area contributed by atoms with Gasteiger partial charge in [0.2, 0.25) is 0 Å². The predicted octanol–water partition coefficient (Wildman–Crippen LogP) is 4.61. The molecule has 0 heterocycles. The summed E-state index contributed by atoms with van der Waals surface area (Å²) < 4.78 is 13.6. The lowest BCUT2D eigenvalue weighted by molar-refractivity contribution is 0.188. The number of rotatable bonds is 2. The van der Waals surface area contributed by atoms with E-state index in [2.05, 4.69) is 5.32 Å². The molecule has 0 atom stereocenters. The van der Waals surface area contributed by atoms with Crippen LogP contribution >= 0.6 is 0 Å². The molecule has 106 valence electrons. The van der Waals surface area contributed by atoms with Gasteiger partial charge in [0.25, 0.3) is 0 Å². The van der Waals surface area contributed by atoms with Crippen LogP contribution in [0, 0.1) is 22.6 Å². The second-order valence-electron chi connectivity index (χ2n) is 6.40. The number of halogens is 1. The van der Waals surface area contributed by atoms with Crippen molar-refractivity contribution in [2.45, 2.75) is 57.4 Å². The summed E-state index contributed by atoms with van der Waals surface area (Å²) in [4.78, 5) is 0. The number of nitrogens with one attached hydrogen (secondary N) is 1. The van der Waals surface area contributed by atoms with Crippen LogP contribution in [0.2, 0.25) is 0 Å². The normalized spacial score (nSPS) is 21.8. The van der Waals surface area contributed by atoms with Crippen LogP contribution in [0.4, 0.5) is 10.1 Å². The summed E-state index contributed by atoms with van der Waals surface area (Å²) in [7, 11) is 0. The minimum Gasteiger partial charge on any atom is -0.381 e. The van der Waals surface area contributed by atoms with Crippen molar-refractivity contribution in [3.63, 3.8) is 0 Å². The molecule has 2 aliphatic carbocycles. The highest BCUT2D eigenvalue weighted by Crippen LogP contribution is 2.49. The first-order chi connectivity index (χ1) is 9.72. The molecule has 0 bridgehead atoms. The van der Waals surface area contributed by atoms with Crippen molar-refractivity contribution >= 4 is 5.69 Å². The number of nitriles is 1. The first-order valence-electron chi connectivity index (χ1n) is 7.68. The van der Waals surface area contributed by atoms with Crippen LogP contribution < -0.4 is 5.32 Å². The van der Waals surface area contributed by atoms with Gasteiger partial charge < -0.3 is 5.32 Å². The molecule has 0 aliphatic heterocycles. The maximum Gasteiger partial charge on any atom is 0.143 e. The van der Waals surface area contributed by atoms with E-state index < -0.39 is 5.82 Å². The molecular formula is C17H21FN2. The van der Waals surface area contributed by atoms with Gasteiger partial charge in [-0.3, -0.25) is 0 Å². The molecule has 0 amide bonds. The van der Waals surface area contributed by atoms with Crippen LogP contribution in [-0.4, -0.2) is 6.04 Å². The molecule has 3 rings (SSSR count). The van der Waals surface area contributed by atoms with Gasteiger partial charge in [0.1, 0.15) is 17.4 Å². The van der Waals surface area contributed by atoms with Gasteiger partial charge in [-0.1, -0.05) is 18.9 Å². The Morgan fingerprint density at radius 3 is 2.50 bits per heavy atom. The fourth-order valence-electron chi connectivity index (χ4n) is 3.98. The third-order valence-corrected chi connectivity index (χ3v) is 5.20. The molecular weight excluding hydrogens is 251 g/mol. The first kappa shape index (κ1) is 13.4. The topological polar surface area (TPSA) is 35.8 Å². The van der Waals surface area contributed by atoms with E-state index in [0.717, 1.165) is 12.8 Å². The van der Waals surface area contributed by atoms with E-state index in [9.17, 15) is 4.39 Å². The molecule has 2 fully saturated rings. The first-order valence-corrected chi connectivity index (χ1v) is 7.68. The van der Waals surface area contributed by atoms with Crippen LogP contribution in [-0.2, 0) is 0 Å². The van der Waals surface area contributed by atoms with E-state index in [1.165, 1.54) is 44.6 Å². The van der Waals surface area contributed by atoms with E-state index in [-0.39, 0.29) is 5.56 Å². The van der Waals surface area contributed by atoms with Crippen molar-refractivity contribution in [1.29, 1.82) is 5.26 Å². The quantitative estimate of drug-likeness (QED) is 0.853. The molecule has 0 saturated heterocycles. The Hall–Kier alpha value is -1.56. The smallest absolute Gasteiger partial charge is 0.143 e. The van der Waals surface area contributed by atoms with Gasteiger partial charge in [0.05, 0.1) is 5.69 Å². The molecule has 2 nitrogen and oxygen atoms in total. The van der Waals surface area contributed by atoms with Crippen LogP contribution in [0.5, 0.6) is 0 Å². The SMILES string of the molecule is N#Cc1c(F)cccc1NC1CCC2(CCCC2)CC1. The summed E-state index contributed by atoms with van der Waals surface area (Å²) in [5, 5.41) is 12.5. The molecule has 3 heteroatoms. The highest BCUT2D eigenvalue weighted by Gasteiger charge is 2.37. The highest BCUT2D eigenvalue weighted by atomic mass is 19.1. The second kappa shape index (κ2) is 5.44. The average Bonchev–Trinajstić information content (AvgIpc) is 2.90. The Bertz CT molecular complexity index is 516.